The average molecular weight is 468 g/mol. The zero-order valence-electron chi connectivity index (χ0n) is 15.9. The van der Waals surface area contributed by atoms with Crippen LogP contribution in [0.4, 0.5) is 0 Å². The number of para-hydroxylation sites is 1. The lowest BCUT2D eigenvalue weighted by Crippen LogP contribution is -2.28. The first-order chi connectivity index (χ1) is 13.9. The Morgan fingerprint density at radius 2 is 2.03 bits per heavy atom. The van der Waals surface area contributed by atoms with Gasteiger partial charge in [-0.3, -0.25) is 9.69 Å². The SMILES string of the molecule is CCCN1C(=O)/C(=C/c2cccc(OC)c2OCc2ccc(Cl)cc2Cl)SC1=S. The molecular formula is C21H19Cl2NO3S2. The van der Waals surface area contributed by atoms with Gasteiger partial charge in [-0.05, 0) is 30.7 Å². The van der Waals surface area contributed by atoms with Gasteiger partial charge in [0, 0.05) is 27.7 Å². The molecule has 0 aliphatic carbocycles. The fraction of sp³-hybridized carbons (Fsp3) is 0.238. The second-order valence-electron chi connectivity index (χ2n) is 6.24. The molecule has 1 aliphatic rings. The highest BCUT2D eigenvalue weighted by Gasteiger charge is 2.31. The first-order valence-corrected chi connectivity index (χ1v) is 10.9. The van der Waals surface area contributed by atoms with Crippen molar-refractivity contribution >= 4 is 63.5 Å². The normalized spacial score (nSPS) is 15.3. The van der Waals surface area contributed by atoms with E-state index in [2.05, 4.69) is 0 Å². The van der Waals surface area contributed by atoms with E-state index in [-0.39, 0.29) is 12.5 Å². The van der Waals surface area contributed by atoms with Gasteiger partial charge in [-0.25, -0.2) is 0 Å². The molecule has 1 heterocycles. The second-order valence-corrected chi connectivity index (χ2v) is 8.76. The smallest absolute Gasteiger partial charge is 0.266 e. The van der Waals surface area contributed by atoms with Crippen LogP contribution in [0, 0.1) is 0 Å². The van der Waals surface area contributed by atoms with Gasteiger partial charge < -0.3 is 9.47 Å². The molecule has 2 aromatic carbocycles. The Hall–Kier alpha value is -1.73. The number of nitrogens with zero attached hydrogens (tertiary/aromatic N) is 1. The molecular weight excluding hydrogens is 449 g/mol. The van der Waals surface area contributed by atoms with Crippen molar-refractivity contribution in [2.75, 3.05) is 13.7 Å². The van der Waals surface area contributed by atoms with Crippen molar-refractivity contribution in [1.82, 2.24) is 4.90 Å². The molecule has 2 aromatic rings. The van der Waals surface area contributed by atoms with E-state index in [0.717, 1.165) is 17.5 Å². The largest absolute Gasteiger partial charge is 0.493 e. The predicted molar refractivity (Wildman–Crippen MR) is 124 cm³/mol. The molecule has 1 amide bonds. The molecule has 0 atom stereocenters. The molecule has 0 radical (unpaired) electrons. The van der Waals surface area contributed by atoms with Gasteiger partial charge in [0.25, 0.3) is 5.91 Å². The Morgan fingerprint density at radius 1 is 1.24 bits per heavy atom. The molecule has 0 N–H and O–H groups in total. The van der Waals surface area contributed by atoms with Crippen molar-refractivity contribution in [3.63, 3.8) is 0 Å². The number of amides is 1. The Balaban J connectivity index is 1.90. The highest BCUT2D eigenvalue weighted by Crippen LogP contribution is 2.38. The number of thiocarbonyl (C=S) groups is 1. The lowest BCUT2D eigenvalue weighted by Gasteiger charge is -2.15. The van der Waals surface area contributed by atoms with Crippen molar-refractivity contribution in [1.29, 1.82) is 0 Å². The van der Waals surface area contributed by atoms with Crippen molar-refractivity contribution < 1.29 is 14.3 Å². The number of halogens is 2. The quantitative estimate of drug-likeness (QED) is 0.358. The number of hydrogen-bond acceptors (Lipinski definition) is 5. The van der Waals surface area contributed by atoms with Crippen molar-refractivity contribution in [3.05, 3.63) is 62.5 Å². The number of ether oxygens (including phenoxy) is 2. The molecule has 1 fully saturated rings. The van der Waals surface area contributed by atoms with E-state index in [4.69, 9.17) is 44.9 Å². The summed E-state index contributed by atoms with van der Waals surface area (Å²) in [5, 5.41) is 1.08. The molecule has 3 rings (SSSR count). The van der Waals surface area contributed by atoms with Gasteiger partial charge in [0.2, 0.25) is 0 Å². The van der Waals surface area contributed by atoms with Crippen LogP contribution in [0.2, 0.25) is 10.0 Å². The topological polar surface area (TPSA) is 38.8 Å². The predicted octanol–water partition coefficient (Wildman–Crippen LogP) is 6.19. The third-order valence-corrected chi connectivity index (χ3v) is 6.19. The molecule has 152 valence electrons. The maximum absolute atomic E-state index is 12.7. The van der Waals surface area contributed by atoms with E-state index < -0.39 is 0 Å². The first kappa shape index (κ1) is 22.0. The molecule has 0 spiro atoms. The lowest BCUT2D eigenvalue weighted by atomic mass is 10.1. The molecule has 1 saturated heterocycles. The fourth-order valence-corrected chi connectivity index (χ4v) is 4.57. The molecule has 0 saturated carbocycles. The molecule has 1 aliphatic heterocycles. The molecule has 0 unspecified atom stereocenters. The molecule has 8 heteroatoms. The van der Waals surface area contributed by atoms with Crippen molar-refractivity contribution in [2.45, 2.75) is 20.0 Å². The van der Waals surface area contributed by atoms with Crippen LogP contribution >= 0.6 is 47.2 Å². The fourth-order valence-electron chi connectivity index (χ4n) is 2.81. The van der Waals surface area contributed by atoms with Crippen molar-refractivity contribution in [2.24, 2.45) is 0 Å². The number of benzene rings is 2. The first-order valence-electron chi connectivity index (χ1n) is 8.93. The molecule has 29 heavy (non-hydrogen) atoms. The van der Waals surface area contributed by atoms with Crippen LogP contribution in [0.25, 0.3) is 6.08 Å². The number of carbonyl (C=O) groups excluding carboxylic acids is 1. The number of carbonyl (C=O) groups is 1. The van der Waals surface area contributed by atoms with Crippen LogP contribution in [0.1, 0.15) is 24.5 Å². The Kier molecular flexibility index (Phi) is 7.46. The monoisotopic (exact) mass is 467 g/mol. The lowest BCUT2D eigenvalue weighted by molar-refractivity contribution is -0.122. The second kappa shape index (κ2) is 9.85. The number of rotatable bonds is 7. The minimum Gasteiger partial charge on any atom is -0.493 e. The van der Waals surface area contributed by atoms with Crippen LogP contribution in [0.15, 0.2) is 41.3 Å². The third-order valence-electron chi connectivity index (χ3n) is 4.22. The Morgan fingerprint density at radius 3 is 2.72 bits per heavy atom. The van der Waals surface area contributed by atoms with E-state index in [0.29, 0.717) is 37.3 Å². The van der Waals surface area contributed by atoms with Crippen LogP contribution in [0.3, 0.4) is 0 Å². The number of thioether (sulfide) groups is 1. The standard InChI is InChI=1S/C21H19Cl2NO3S2/c1-3-9-24-20(25)18(29-21(24)28)10-13-5-4-6-17(26-2)19(13)27-12-14-7-8-15(22)11-16(14)23/h4-8,10-11H,3,9,12H2,1-2H3/b18-10-. The van der Waals surface area contributed by atoms with Gasteiger partial charge in [-0.2, -0.15) is 0 Å². The van der Waals surface area contributed by atoms with E-state index in [1.165, 1.54) is 11.8 Å². The van der Waals surface area contributed by atoms with Gasteiger partial charge in [-0.1, -0.05) is 72.3 Å². The Labute approximate surface area is 189 Å². The summed E-state index contributed by atoms with van der Waals surface area (Å²) in [5.74, 6) is 1.01. The summed E-state index contributed by atoms with van der Waals surface area (Å²) in [5.41, 5.74) is 1.52. The zero-order valence-corrected chi connectivity index (χ0v) is 19.1. The van der Waals surface area contributed by atoms with Gasteiger partial charge in [0.1, 0.15) is 10.9 Å². The van der Waals surface area contributed by atoms with Crippen LogP contribution in [-0.4, -0.2) is 28.8 Å². The molecule has 0 bridgehead atoms. The number of methoxy groups -OCH3 is 1. The van der Waals surface area contributed by atoms with Gasteiger partial charge in [-0.15, -0.1) is 0 Å². The third kappa shape index (κ3) is 5.07. The van der Waals surface area contributed by atoms with E-state index >= 15 is 0 Å². The minimum atomic E-state index is -0.0867. The van der Waals surface area contributed by atoms with Gasteiger partial charge in [0.05, 0.1) is 12.0 Å². The van der Waals surface area contributed by atoms with E-state index in [1.807, 2.05) is 25.1 Å². The van der Waals surface area contributed by atoms with Crippen LogP contribution in [0.5, 0.6) is 11.5 Å². The highest BCUT2D eigenvalue weighted by molar-refractivity contribution is 8.26. The van der Waals surface area contributed by atoms with Gasteiger partial charge in [0.15, 0.2) is 11.5 Å². The summed E-state index contributed by atoms with van der Waals surface area (Å²) in [6, 6.07) is 10.8. The summed E-state index contributed by atoms with van der Waals surface area (Å²) >= 11 is 18.8. The summed E-state index contributed by atoms with van der Waals surface area (Å²) in [7, 11) is 1.57. The van der Waals surface area contributed by atoms with E-state index in [9.17, 15) is 4.79 Å². The Bertz CT molecular complexity index is 978. The summed E-state index contributed by atoms with van der Waals surface area (Å²) < 4.78 is 12.1. The zero-order chi connectivity index (χ0) is 21.0. The highest BCUT2D eigenvalue weighted by atomic mass is 35.5. The van der Waals surface area contributed by atoms with Crippen molar-refractivity contribution in [3.8, 4) is 11.5 Å². The molecule has 0 aromatic heterocycles. The number of hydrogen-bond donors (Lipinski definition) is 0. The summed E-state index contributed by atoms with van der Waals surface area (Å²) in [6.07, 6.45) is 2.63. The minimum absolute atomic E-state index is 0.0867. The van der Waals surface area contributed by atoms with Gasteiger partial charge >= 0.3 is 0 Å². The van der Waals surface area contributed by atoms with Crippen LogP contribution in [-0.2, 0) is 11.4 Å². The average Bonchev–Trinajstić information content (AvgIpc) is 2.95. The maximum Gasteiger partial charge on any atom is 0.266 e. The van der Waals surface area contributed by atoms with Crippen LogP contribution < -0.4 is 9.47 Å². The maximum atomic E-state index is 12.7. The summed E-state index contributed by atoms with van der Waals surface area (Å²) in [4.78, 5) is 14.9. The summed E-state index contributed by atoms with van der Waals surface area (Å²) in [6.45, 7) is 2.85. The van der Waals surface area contributed by atoms with E-state index in [1.54, 1.807) is 36.3 Å². The molecule has 4 nitrogen and oxygen atoms in total.